The third-order valence-corrected chi connectivity index (χ3v) is 2.13. The van der Waals surface area contributed by atoms with Crippen molar-refractivity contribution in [1.29, 1.82) is 0 Å². The van der Waals surface area contributed by atoms with Crippen molar-refractivity contribution in [3.63, 3.8) is 0 Å². The van der Waals surface area contributed by atoms with E-state index in [9.17, 15) is 4.79 Å². The number of hydrogen-bond acceptors (Lipinski definition) is 3. The van der Waals surface area contributed by atoms with Crippen molar-refractivity contribution in [2.24, 2.45) is 5.41 Å². The molecule has 0 bridgehead atoms. The molecule has 0 unspecified atom stereocenters. The summed E-state index contributed by atoms with van der Waals surface area (Å²) in [6.45, 7) is 6.20. The molecule has 0 fully saturated rings. The van der Waals surface area contributed by atoms with Gasteiger partial charge in [0.25, 0.3) is 0 Å². The van der Waals surface area contributed by atoms with Gasteiger partial charge in [-0.15, -0.1) is 0 Å². The van der Waals surface area contributed by atoms with E-state index in [4.69, 9.17) is 9.84 Å². The molecule has 0 atom stereocenters. The summed E-state index contributed by atoms with van der Waals surface area (Å²) in [5, 5.41) is 8.50. The van der Waals surface area contributed by atoms with Crippen molar-refractivity contribution in [1.82, 2.24) is 0 Å². The van der Waals surface area contributed by atoms with Crippen LogP contribution >= 0.6 is 0 Å². The molecular formula is C13H24O3. The SMILES string of the molecule is CC(C)(C)C(=O)OCCCCC/C=C/CO. The van der Waals surface area contributed by atoms with Crippen LogP contribution in [0.15, 0.2) is 12.2 Å². The summed E-state index contributed by atoms with van der Waals surface area (Å²) in [5.41, 5.74) is -0.399. The van der Waals surface area contributed by atoms with E-state index < -0.39 is 5.41 Å². The first-order valence-corrected chi connectivity index (χ1v) is 5.91. The van der Waals surface area contributed by atoms with Crippen molar-refractivity contribution in [3.8, 4) is 0 Å². The highest BCUT2D eigenvalue weighted by atomic mass is 16.5. The van der Waals surface area contributed by atoms with Gasteiger partial charge in [-0.25, -0.2) is 0 Å². The number of carbonyl (C=O) groups is 1. The van der Waals surface area contributed by atoms with Crippen molar-refractivity contribution in [3.05, 3.63) is 12.2 Å². The van der Waals surface area contributed by atoms with Gasteiger partial charge in [-0.2, -0.15) is 0 Å². The minimum absolute atomic E-state index is 0.114. The van der Waals surface area contributed by atoms with Crippen LogP contribution in [-0.2, 0) is 9.53 Å². The summed E-state index contributed by atoms with van der Waals surface area (Å²) in [6.07, 6.45) is 7.74. The largest absolute Gasteiger partial charge is 0.465 e. The average Bonchev–Trinajstić information content (AvgIpc) is 2.20. The molecule has 3 nitrogen and oxygen atoms in total. The molecule has 0 aromatic rings. The standard InChI is InChI=1S/C13H24O3/c1-13(2,3)12(15)16-11-9-7-5-4-6-8-10-14/h6,8,14H,4-5,7,9-11H2,1-3H3/b8-6+. The van der Waals surface area contributed by atoms with E-state index in [2.05, 4.69) is 0 Å². The molecule has 0 amide bonds. The smallest absolute Gasteiger partial charge is 0.311 e. The quantitative estimate of drug-likeness (QED) is 0.414. The summed E-state index contributed by atoms with van der Waals surface area (Å²) in [4.78, 5) is 11.4. The number of esters is 1. The zero-order valence-corrected chi connectivity index (χ0v) is 10.7. The van der Waals surface area contributed by atoms with E-state index in [1.165, 1.54) is 0 Å². The Labute approximate surface area is 98.5 Å². The summed E-state index contributed by atoms with van der Waals surface area (Å²) in [5.74, 6) is -0.132. The molecule has 0 heterocycles. The van der Waals surface area contributed by atoms with Crippen LogP contribution in [0.2, 0.25) is 0 Å². The molecule has 0 aromatic heterocycles. The third kappa shape index (κ3) is 8.48. The molecule has 0 aliphatic carbocycles. The van der Waals surface area contributed by atoms with Crippen LogP contribution in [0.25, 0.3) is 0 Å². The highest BCUT2D eigenvalue weighted by molar-refractivity contribution is 5.75. The van der Waals surface area contributed by atoms with Crippen molar-refractivity contribution >= 4 is 5.97 Å². The first kappa shape index (κ1) is 15.2. The van der Waals surface area contributed by atoms with Crippen LogP contribution in [0.3, 0.4) is 0 Å². The molecule has 94 valence electrons. The second kappa shape index (κ2) is 8.34. The van der Waals surface area contributed by atoms with Gasteiger partial charge in [-0.3, -0.25) is 4.79 Å². The molecule has 0 aliphatic rings. The minimum Gasteiger partial charge on any atom is -0.465 e. The zero-order valence-electron chi connectivity index (χ0n) is 10.7. The predicted molar refractivity (Wildman–Crippen MR) is 65.1 cm³/mol. The maximum Gasteiger partial charge on any atom is 0.311 e. The Balaban J connectivity index is 3.34. The first-order chi connectivity index (χ1) is 7.48. The van der Waals surface area contributed by atoms with E-state index in [1.54, 1.807) is 6.08 Å². The number of ether oxygens (including phenoxy) is 1. The highest BCUT2D eigenvalue weighted by Gasteiger charge is 2.22. The molecule has 0 aliphatic heterocycles. The topological polar surface area (TPSA) is 46.5 Å². The van der Waals surface area contributed by atoms with Gasteiger partial charge >= 0.3 is 5.97 Å². The molecule has 0 aromatic carbocycles. The van der Waals surface area contributed by atoms with Gasteiger partial charge in [0.1, 0.15) is 0 Å². The number of unbranched alkanes of at least 4 members (excludes halogenated alkanes) is 3. The average molecular weight is 228 g/mol. The monoisotopic (exact) mass is 228 g/mol. The fourth-order valence-electron chi connectivity index (χ4n) is 1.11. The number of aliphatic hydroxyl groups excluding tert-OH is 1. The van der Waals surface area contributed by atoms with Crippen LogP contribution < -0.4 is 0 Å². The summed E-state index contributed by atoms with van der Waals surface area (Å²) in [6, 6.07) is 0. The van der Waals surface area contributed by atoms with E-state index in [1.807, 2.05) is 26.8 Å². The van der Waals surface area contributed by atoms with E-state index in [0.29, 0.717) is 6.61 Å². The van der Waals surface area contributed by atoms with Crippen LogP contribution in [0, 0.1) is 5.41 Å². The molecule has 3 heteroatoms. The van der Waals surface area contributed by atoms with E-state index in [-0.39, 0.29) is 12.6 Å². The van der Waals surface area contributed by atoms with Crippen LogP contribution in [0.4, 0.5) is 0 Å². The fraction of sp³-hybridized carbons (Fsp3) is 0.769. The number of allylic oxidation sites excluding steroid dienone is 1. The number of aliphatic hydroxyl groups is 1. The zero-order chi connectivity index (χ0) is 12.4. The third-order valence-electron chi connectivity index (χ3n) is 2.13. The Hall–Kier alpha value is -0.830. The highest BCUT2D eigenvalue weighted by Crippen LogP contribution is 2.15. The molecule has 0 saturated carbocycles. The van der Waals surface area contributed by atoms with Crippen LogP contribution in [-0.4, -0.2) is 24.3 Å². The van der Waals surface area contributed by atoms with Gasteiger partial charge < -0.3 is 9.84 Å². The molecule has 1 N–H and O–H groups in total. The van der Waals surface area contributed by atoms with Crippen molar-refractivity contribution < 1.29 is 14.6 Å². The number of carbonyl (C=O) groups excluding carboxylic acids is 1. The Morgan fingerprint density at radius 3 is 2.44 bits per heavy atom. The first-order valence-electron chi connectivity index (χ1n) is 5.91. The Morgan fingerprint density at radius 1 is 1.19 bits per heavy atom. The van der Waals surface area contributed by atoms with Crippen molar-refractivity contribution in [2.45, 2.75) is 46.5 Å². The maximum absolute atomic E-state index is 11.4. The normalized spacial score (nSPS) is 12.0. The lowest BCUT2D eigenvalue weighted by molar-refractivity contribution is -0.153. The molecule has 0 radical (unpaired) electrons. The summed E-state index contributed by atoms with van der Waals surface area (Å²) in [7, 11) is 0. The lowest BCUT2D eigenvalue weighted by atomic mass is 9.97. The molecule has 16 heavy (non-hydrogen) atoms. The molecule has 0 rings (SSSR count). The Morgan fingerprint density at radius 2 is 1.88 bits per heavy atom. The van der Waals surface area contributed by atoms with E-state index in [0.717, 1.165) is 25.7 Å². The molecular weight excluding hydrogens is 204 g/mol. The van der Waals surface area contributed by atoms with Crippen molar-refractivity contribution in [2.75, 3.05) is 13.2 Å². The van der Waals surface area contributed by atoms with E-state index >= 15 is 0 Å². The van der Waals surface area contributed by atoms with Crippen LogP contribution in [0.1, 0.15) is 46.5 Å². The summed E-state index contributed by atoms with van der Waals surface area (Å²) >= 11 is 0. The Kier molecular flexibility index (Phi) is 7.90. The van der Waals surface area contributed by atoms with Gasteiger partial charge in [0.05, 0.1) is 18.6 Å². The van der Waals surface area contributed by atoms with Crippen LogP contribution in [0.5, 0.6) is 0 Å². The number of rotatable bonds is 7. The lowest BCUT2D eigenvalue weighted by Crippen LogP contribution is -2.23. The van der Waals surface area contributed by atoms with Gasteiger partial charge in [0.15, 0.2) is 0 Å². The van der Waals surface area contributed by atoms with Gasteiger partial charge in [-0.05, 0) is 46.5 Å². The maximum atomic E-state index is 11.4. The lowest BCUT2D eigenvalue weighted by Gasteiger charge is -2.16. The fourth-order valence-corrected chi connectivity index (χ4v) is 1.11. The second-order valence-electron chi connectivity index (χ2n) is 4.89. The second-order valence-corrected chi connectivity index (χ2v) is 4.89. The Bertz CT molecular complexity index is 214. The molecule has 0 spiro atoms. The molecule has 0 saturated heterocycles. The summed E-state index contributed by atoms with van der Waals surface area (Å²) < 4.78 is 5.14. The number of hydrogen-bond donors (Lipinski definition) is 1. The predicted octanol–water partition coefficient (Wildman–Crippen LogP) is 2.68. The van der Waals surface area contributed by atoms with Gasteiger partial charge in [0.2, 0.25) is 0 Å². The van der Waals surface area contributed by atoms with Gasteiger partial charge in [0, 0.05) is 0 Å². The minimum atomic E-state index is -0.399. The van der Waals surface area contributed by atoms with Gasteiger partial charge in [-0.1, -0.05) is 12.2 Å².